The van der Waals surface area contributed by atoms with Crippen molar-refractivity contribution in [3.05, 3.63) is 35.4 Å². The standard InChI is InChI=1S/C15H14ClNO4/c16-10-6-9(3-4-11(10)18)17-14(19)12-7-1-2-8(5-7)13(12)15(20)21/h1-4,6-8,12-13,18H,5H2,(H,17,19)(H,20,21)/t7?,8?,12-,13+/m0/s1. The molecule has 1 fully saturated rings. The minimum absolute atomic E-state index is 0.0244. The van der Waals surface area contributed by atoms with E-state index in [1.807, 2.05) is 12.2 Å². The molecular formula is C15H14ClNO4. The lowest BCUT2D eigenvalue weighted by molar-refractivity contribution is -0.146. The first-order valence-electron chi connectivity index (χ1n) is 6.68. The van der Waals surface area contributed by atoms with E-state index in [1.165, 1.54) is 18.2 Å². The normalized spacial score (nSPS) is 29.6. The number of carbonyl (C=O) groups is 2. The molecule has 0 heterocycles. The van der Waals surface area contributed by atoms with E-state index in [0.717, 1.165) is 0 Å². The Morgan fingerprint density at radius 1 is 1.19 bits per heavy atom. The van der Waals surface area contributed by atoms with Gasteiger partial charge in [-0.15, -0.1) is 0 Å². The summed E-state index contributed by atoms with van der Waals surface area (Å²) in [6.07, 6.45) is 4.54. The molecule has 0 aromatic heterocycles. The number of nitrogens with one attached hydrogen (secondary N) is 1. The van der Waals surface area contributed by atoms with Gasteiger partial charge in [0, 0.05) is 5.69 Å². The van der Waals surface area contributed by atoms with Gasteiger partial charge in [0.25, 0.3) is 0 Å². The number of rotatable bonds is 3. The molecule has 1 aromatic rings. The van der Waals surface area contributed by atoms with Gasteiger partial charge in [-0.25, -0.2) is 0 Å². The van der Waals surface area contributed by atoms with Gasteiger partial charge in [-0.1, -0.05) is 23.8 Å². The quantitative estimate of drug-likeness (QED) is 0.591. The molecule has 110 valence electrons. The minimum atomic E-state index is -0.935. The number of hydrogen-bond donors (Lipinski definition) is 3. The number of carboxylic acid groups (broad SMARTS) is 1. The van der Waals surface area contributed by atoms with Crippen molar-refractivity contribution in [2.45, 2.75) is 6.42 Å². The van der Waals surface area contributed by atoms with Crippen LogP contribution in [0.4, 0.5) is 5.69 Å². The molecule has 2 aliphatic carbocycles. The highest BCUT2D eigenvalue weighted by molar-refractivity contribution is 6.32. The predicted octanol–water partition coefficient (Wildman–Crippen LogP) is 2.51. The number of anilines is 1. The maximum absolute atomic E-state index is 12.4. The first-order chi connectivity index (χ1) is 9.97. The number of benzene rings is 1. The summed E-state index contributed by atoms with van der Waals surface area (Å²) in [4.78, 5) is 23.8. The van der Waals surface area contributed by atoms with E-state index in [2.05, 4.69) is 5.32 Å². The smallest absolute Gasteiger partial charge is 0.307 e. The van der Waals surface area contributed by atoms with Crippen molar-refractivity contribution >= 4 is 29.2 Å². The van der Waals surface area contributed by atoms with Crippen molar-refractivity contribution in [3.63, 3.8) is 0 Å². The van der Waals surface area contributed by atoms with Gasteiger partial charge in [0.15, 0.2) is 0 Å². The lowest BCUT2D eigenvalue weighted by Crippen LogP contribution is -2.36. The molecule has 6 heteroatoms. The third kappa shape index (κ3) is 2.38. The largest absolute Gasteiger partial charge is 0.506 e. The number of aliphatic carboxylic acids is 1. The summed E-state index contributed by atoms with van der Waals surface area (Å²) in [5, 5.41) is 21.5. The Kier molecular flexibility index (Phi) is 3.37. The van der Waals surface area contributed by atoms with E-state index in [0.29, 0.717) is 12.1 Å². The first-order valence-corrected chi connectivity index (χ1v) is 7.05. The van der Waals surface area contributed by atoms with E-state index in [1.54, 1.807) is 0 Å². The first kappa shape index (κ1) is 13.9. The summed E-state index contributed by atoms with van der Waals surface area (Å²) in [5.41, 5.74) is 0.443. The molecule has 2 bridgehead atoms. The fraction of sp³-hybridized carbons (Fsp3) is 0.333. The minimum Gasteiger partial charge on any atom is -0.506 e. The Labute approximate surface area is 126 Å². The van der Waals surface area contributed by atoms with Gasteiger partial charge < -0.3 is 15.5 Å². The third-order valence-electron chi connectivity index (χ3n) is 4.26. The van der Waals surface area contributed by atoms with Crippen LogP contribution in [0.3, 0.4) is 0 Å². The molecule has 1 aromatic carbocycles. The van der Waals surface area contributed by atoms with Crippen LogP contribution >= 0.6 is 11.6 Å². The SMILES string of the molecule is O=C(O)[C@@H]1C2C=CC(C2)[C@@H]1C(=O)Nc1ccc(O)c(Cl)c1. The second-order valence-corrected chi connectivity index (χ2v) is 5.90. The van der Waals surface area contributed by atoms with E-state index in [9.17, 15) is 19.8 Å². The van der Waals surface area contributed by atoms with Gasteiger partial charge in [0.1, 0.15) is 5.75 Å². The second kappa shape index (κ2) is 5.07. The fourth-order valence-corrected chi connectivity index (χ4v) is 3.51. The van der Waals surface area contributed by atoms with Crippen molar-refractivity contribution in [3.8, 4) is 5.75 Å². The lowest BCUT2D eigenvalue weighted by Gasteiger charge is -2.23. The van der Waals surface area contributed by atoms with E-state index >= 15 is 0 Å². The molecular weight excluding hydrogens is 294 g/mol. The van der Waals surface area contributed by atoms with Gasteiger partial charge in [-0.3, -0.25) is 9.59 Å². The molecule has 3 N–H and O–H groups in total. The van der Waals surface area contributed by atoms with Crippen LogP contribution in [-0.4, -0.2) is 22.1 Å². The number of carbonyl (C=O) groups excluding carboxylic acids is 1. The zero-order chi connectivity index (χ0) is 15.1. The van der Waals surface area contributed by atoms with Crippen LogP contribution in [0.15, 0.2) is 30.4 Å². The number of fused-ring (bicyclic) bond motifs is 2. The van der Waals surface area contributed by atoms with Crippen LogP contribution in [0.5, 0.6) is 5.75 Å². The summed E-state index contributed by atoms with van der Waals surface area (Å²) in [5.74, 6) is -2.65. The van der Waals surface area contributed by atoms with Gasteiger partial charge in [0.05, 0.1) is 16.9 Å². The summed E-state index contributed by atoms with van der Waals surface area (Å²) < 4.78 is 0. The average molecular weight is 308 g/mol. The number of amides is 1. The molecule has 2 unspecified atom stereocenters. The van der Waals surface area contributed by atoms with E-state index < -0.39 is 17.8 Å². The zero-order valence-electron chi connectivity index (χ0n) is 11.0. The highest BCUT2D eigenvalue weighted by Crippen LogP contribution is 2.48. The fourth-order valence-electron chi connectivity index (χ4n) is 3.33. The Morgan fingerprint density at radius 3 is 2.48 bits per heavy atom. The summed E-state index contributed by atoms with van der Waals surface area (Å²) in [6.45, 7) is 0. The number of phenolic OH excluding ortho intramolecular Hbond substituents is 1. The number of phenols is 1. The summed E-state index contributed by atoms with van der Waals surface area (Å²) >= 11 is 5.79. The zero-order valence-corrected chi connectivity index (χ0v) is 11.7. The maximum atomic E-state index is 12.4. The van der Waals surface area contributed by atoms with Crippen LogP contribution in [0.2, 0.25) is 5.02 Å². The molecule has 1 saturated carbocycles. The van der Waals surface area contributed by atoms with Gasteiger partial charge >= 0.3 is 5.97 Å². The van der Waals surface area contributed by atoms with Crippen molar-refractivity contribution in [2.24, 2.45) is 23.7 Å². The van der Waals surface area contributed by atoms with E-state index in [-0.39, 0.29) is 28.5 Å². The number of allylic oxidation sites excluding steroid dienone is 2. The number of halogens is 1. The average Bonchev–Trinajstić information content (AvgIpc) is 3.03. The van der Waals surface area contributed by atoms with Gasteiger partial charge in [-0.2, -0.15) is 0 Å². The molecule has 1 amide bonds. The summed E-state index contributed by atoms with van der Waals surface area (Å²) in [6, 6.07) is 4.35. The molecule has 3 rings (SSSR count). The Morgan fingerprint density at radius 2 is 1.86 bits per heavy atom. The highest BCUT2D eigenvalue weighted by Gasteiger charge is 2.51. The molecule has 4 atom stereocenters. The van der Waals surface area contributed by atoms with Crippen LogP contribution < -0.4 is 5.32 Å². The Balaban J connectivity index is 1.80. The van der Waals surface area contributed by atoms with Crippen molar-refractivity contribution in [2.75, 3.05) is 5.32 Å². The number of carboxylic acids is 1. The third-order valence-corrected chi connectivity index (χ3v) is 4.57. The monoisotopic (exact) mass is 307 g/mol. The van der Waals surface area contributed by atoms with Crippen molar-refractivity contribution < 1.29 is 19.8 Å². The molecule has 0 spiro atoms. The molecule has 0 saturated heterocycles. The Hall–Kier alpha value is -2.01. The maximum Gasteiger partial charge on any atom is 0.307 e. The molecule has 21 heavy (non-hydrogen) atoms. The van der Waals surface area contributed by atoms with E-state index in [4.69, 9.17) is 11.6 Å². The molecule has 2 aliphatic rings. The molecule has 5 nitrogen and oxygen atoms in total. The highest BCUT2D eigenvalue weighted by atomic mass is 35.5. The van der Waals surface area contributed by atoms with Crippen LogP contribution in [0.25, 0.3) is 0 Å². The second-order valence-electron chi connectivity index (χ2n) is 5.49. The van der Waals surface area contributed by atoms with Crippen LogP contribution in [-0.2, 0) is 9.59 Å². The molecule has 0 radical (unpaired) electrons. The Bertz CT molecular complexity index is 643. The van der Waals surface area contributed by atoms with Gasteiger partial charge in [0.2, 0.25) is 5.91 Å². The van der Waals surface area contributed by atoms with Crippen molar-refractivity contribution in [1.29, 1.82) is 0 Å². The van der Waals surface area contributed by atoms with Gasteiger partial charge in [-0.05, 0) is 36.5 Å². The topological polar surface area (TPSA) is 86.6 Å². The predicted molar refractivity (Wildman–Crippen MR) is 77.1 cm³/mol. The number of aromatic hydroxyl groups is 1. The van der Waals surface area contributed by atoms with Crippen LogP contribution in [0, 0.1) is 23.7 Å². The van der Waals surface area contributed by atoms with Crippen molar-refractivity contribution in [1.82, 2.24) is 0 Å². The molecule has 0 aliphatic heterocycles. The van der Waals surface area contributed by atoms with Crippen LogP contribution in [0.1, 0.15) is 6.42 Å². The summed E-state index contributed by atoms with van der Waals surface area (Å²) in [7, 11) is 0. The number of hydrogen-bond acceptors (Lipinski definition) is 3. The lowest BCUT2D eigenvalue weighted by atomic mass is 9.82.